The molecule has 0 spiro atoms. The van der Waals surface area contributed by atoms with Gasteiger partial charge in [-0.1, -0.05) is 13.8 Å². The van der Waals surface area contributed by atoms with Gasteiger partial charge in [-0.25, -0.2) is 0 Å². The molecule has 5 heteroatoms. The Hall–Kier alpha value is -0.650. The second-order valence-corrected chi connectivity index (χ2v) is 6.10. The van der Waals surface area contributed by atoms with Crippen LogP contribution in [0.2, 0.25) is 0 Å². The van der Waals surface area contributed by atoms with Crippen molar-refractivity contribution in [1.82, 2.24) is 5.32 Å². The highest BCUT2D eigenvalue weighted by Crippen LogP contribution is 2.34. The van der Waals surface area contributed by atoms with Gasteiger partial charge < -0.3 is 19.9 Å². The average Bonchev–Trinajstić information content (AvgIpc) is 2.21. The van der Waals surface area contributed by atoms with Crippen molar-refractivity contribution in [3.8, 4) is 0 Å². The maximum atomic E-state index is 12.1. The predicted molar refractivity (Wildman–Crippen MR) is 68.0 cm³/mol. The lowest BCUT2D eigenvalue weighted by Gasteiger charge is -2.44. The number of amides is 1. The molecular weight excluding hydrogens is 234 g/mol. The summed E-state index contributed by atoms with van der Waals surface area (Å²) in [5.41, 5.74) is -0.357. The SMILES string of the molecule is C[C@H](O)CCNC(=O)[C@@H]1OC(C)(C)OCC1(C)C. The molecule has 1 rings (SSSR count). The van der Waals surface area contributed by atoms with Gasteiger partial charge in [-0.05, 0) is 27.2 Å². The first-order chi connectivity index (χ1) is 8.14. The second kappa shape index (κ2) is 5.55. The van der Waals surface area contributed by atoms with Gasteiger partial charge in [0.25, 0.3) is 0 Å². The molecule has 1 heterocycles. The van der Waals surface area contributed by atoms with E-state index in [9.17, 15) is 4.79 Å². The fraction of sp³-hybridized carbons (Fsp3) is 0.923. The van der Waals surface area contributed by atoms with Crippen LogP contribution in [-0.2, 0) is 14.3 Å². The van der Waals surface area contributed by atoms with Crippen LogP contribution in [-0.4, -0.2) is 42.2 Å². The molecule has 1 aliphatic rings. The van der Waals surface area contributed by atoms with Crippen LogP contribution in [0.4, 0.5) is 0 Å². The van der Waals surface area contributed by atoms with Gasteiger partial charge in [-0.15, -0.1) is 0 Å². The molecule has 0 aliphatic carbocycles. The summed E-state index contributed by atoms with van der Waals surface area (Å²) in [5.74, 6) is -0.876. The topological polar surface area (TPSA) is 67.8 Å². The van der Waals surface area contributed by atoms with E-state index in [1.807, 2.05) is 13.8 Å². The van der Waals surface area contributed by atoms with E-state index in [0.29, 0.717) is 19.6 Å². The van der Waals surface area contributed by atoms with Gasteiger partial charge in [-0.2, -0.15) is 0 Å². The summed E-state index contributed by atoms with van der Waals surface area (Å²) in [6, 6.07) is 0. The van der Waals surface area contributed by atoms with E-state index in [0.717, 1.165) is 0 Å². The zero-order chi connectivity index (χ0) is 14.0. The monoisotopic (exact) mass is 259 g/mol. The van der Waals surface area contributed by atoms with Crippen LogP contribution in [0.5, 0.6) is 0 Å². The van der Waals surface area contributed by atoms with E-state index in [1.165, 1.54) is 0 Å². The molecule has 0 saturated carbocycles. The summed E-state index contributed by atoms with van der Waals surface area (Å²) in [6.07, 6.45) is -0.403. The fourth-order valence-electron chi connectivity index (χ4n) is 1.82. The molecule has 18 heavy (non-hydrogen) atoms. The molecule has 1 aliphatic heterocycles. The van der Waals surface area contributed by atoms with E-state index in [1.54, 1.807) is 20.8 Å². The van der Waals surface area contributed by atoms with Crippen LogP contribution in [0.15, 0.2) is 0 Å². The highest BCUT2D eigenvalue weighted by atomic mass is 16.7. The number of nitrogens with one attached hydrogen (secondary N) is 1. The van der Waals surface area contributed by atoms with E-state index < -0.39 is 18.0 Å². The maximum absolute atomic E-state index is 12.1. The number of carbonyl (C=O) groups is 1. The first-order valence-corrected chi connectivity index (χ1v) is 6.42. The van der Waals surface area contributed by atoms with Crippen molar-refractivity contribution in [1.29, 1.82) is 0 Å². The van der Waals surface area contributed by atoms with Crippen molar-refractivity contribution >= 4 is 5.91 Å². The lowest BCUT2D eigenvalue weighted by atomic mass is 9.85. The first kappa shape index (κ1) is 15.4. The molecule has 2 atom stereocenters. The molecule has 1 saturated heterocycles. The summed E-state index contributed by atoms with van der Waals surface area (Å²) in [7, 11) is 0. The molecule has 2 N–H and O–H groups in total. The van der Waals surface area contributed by atoms with Crippen LogP contribution in [0.3, 0.4) is 0 Å². The number of rotatable bonds is 4. The standard InChI is InChI=1S/C13H25NO4/c1-9(15)6-7-14-11(16)10-12(2,3)8-17-13(4,5)18-10/h9-10,15H,6-8H2,1-5H3,(H,14,16)/t9-,10-/m0/s1. The lowest BCUT2D eigenvalue weighted by Crippen LogP contribution is -2.56. The molecule has 5 nitrogen and oxygen atoms in total. The maximum Gasteiger partial charge on any atom is 0.249 e. The van der Waals surface area contributed by atoms with Crippen LogP contribution in [0.25, 0.3) is 0 Å². The van der Waals surface area contributed by atoms with Crippen molar-refractivity contribution in [3.05, 3.63) is 0 Å². The largest absolute Gasteiger partial charge is 0.393 e. The Morgan fingerprint density at radius 2 is 2.06 bits per heavy atom. The Balaban J connectivity index is 2.58. The van der Waals surface area contributed by atoms with E-state index in [4.69, 9.17) is 14.6 Å². The number of ether oxygens (including phenoxy) is 2. The molecule has 0 aromatic carbocycles. The minimum absolute atomic E-state index is 0.142. The molecule has 0 bridgehead atoms. The van der Waals surface area contributed by atoms with Gasteiger partial charge in [0.1, 0.15) is 6.10 Å². The molecular formula is C13H25NO4. The molecule has 1 amide bonds. The Labute approximate surface area is 109 Å². The number of hydrogen-bond donors (Lipinski definition) is 2. The molecule has 1 fully saturated rings. The molecule has 0 unspecified atom stereocenters. The van der Waals surface area contributed by atoms with Gasteiger partial charge in [0.05, 0.1) is 12.7 Å². The number of aliphatic hydroxyl groups excluding tert-OH is 1. The van der Waals surface area contributed by atoms with Crippen molar-refractivity contribution in [2.75, 3.05) is 13.2 Å². The van der Waals surface area contributed by atoms with Crippen molar-refractivity contribution in [2.45, 2.75) is 59.0 Å². The lowest BCUT2D eigenvalue weighted by molar-refractivity contribution is -0.304. The van der Waals surface area contributed by atoms with Gasteiger partial charge in [0, 0.05) is 12.0 Å². The number of aliphatic hydroxyl groups is 1. The third kappa shape index (κ3) is 4.23. The van der Waals surface area contributed by atoms with E-state index >= 15 is 0 Å². The Kier molecular flexibility index (Phi) is 4.75. The van der Waals surface area contributed by atoms with E-state index in [2.05, 4.69) is 5.32 Å². The molecule has 0 aromatic rings. The summed E-state index contributed by atoms with van der Waals surface area (Å²) >= 11 is 0. The van der Waals surface area contributed by atoms with Gasteiger partial charge >= 0.3 is 0 Å². The highest BCUT2D eigenvalue weighted by molar-refractivity contribution is 5.81. The van der Waals surface area contributed by atoms with Crippen LogP contribution < -0.4 is 5.32 Å². The molecule has 106 valence electrons. The van der Waals surface area contributed by atoms with E-state index in [-0.39, 0.29) is 11.3 Å². The zero-order valence-electron chi connectivity index (χ0n) is 11.9. The summed E-state index contributed by atoms with van der Waals surface area (Å²) in [5, 5.41) is 12.0. The Bertz CT molecular complexity index is 299. The van der Waals surface area contributed by atoms with Gasteiger partial charge in [0.2, 0.25) is 5.91 Å². The minimum Gasteiger partial charge on any atom is -0.393 e. The Morgan fingerprint density at radius 1 is 1.44 bits per heavy atom. The second-order valence-electron chi connectivity index (χ2n) is 6.10. The van der Waals surface area contributed by atoms with Crippen molar-refractivity contribution in [2.24, 2.45) is 5.41 Å². The predicted octanol–water partition coefficient (Wildman–Crippen LogP) is 1.05. The van der Waals surface area contributed by atoms with Gasteiger partial charge in [-0.3, -0.25) is 4.79 Å². The minimum atomic E-state index is -0.734. The average molecular weight is 259 g/mol. The summed E-state index contributed by atoms with van der Waals surface area (Å²) < 4.78 is 11.3. The normalized spacial score (nSPS) is 27.6. The van der Waals surface area contributed by atoms with Gasteiger partial charge in [0.15, 0.2) is 5.79 Å². The first-order valence-electron chi connectivity index (χ1n) is 6.42. The van der Waals surface area contributed by atoms with Crippen LogP contribution in [0.1, 0.15) is 41.0 Å². The highest BCUT2D eigenvalue weighted by Gasteiger charge is 2.45. The third-order valence-electron chi connectivity index (χ3n) is 3.00. The molecule has 0 radical (unpaired) electrons. The van der Waals surface area contributed by atoms with Crippen LogP contribution >= 0.6 is 0 Å². The smallest absolute Gasteiger partial charge is 0.249 e. The fourth-order valence-corrected chi connectivity index (χ4v) is 1.82. The summed E-state index contributed by atoms with van der Waals surface area (Å²) in [4.78, 5) is 12.1. The number of carbonyl (C=O) groups excluding carboxylic acids is 1. The van der Waals surface area contributed by atoms with Crippen molar-refractivity contribution < 1.29 is 19.4 Å². The third-order valence-corrected chi connectivity index (χ3v) is 3.00. The number of hydrogen-bond acceptors (Lipinski definition) is 4. The van der Waals surface area contributed by atoms with Crippen LogP contribution in [0, 0.1) is 5.41 Å². The zero-order valence-corrected chi connectivity index (χ0v) is 11.9. The quantitative estimate of drug-likeness (QED) is 0.792. The molecule has 0 aromatic heterocycles. The Morgan fingerprint density at radius 3 is 2.61 bits per heavy atom. The van der Waals surface area contributed by atoms with Crippen molar-refractivity contribution in [3.63, 3.8) is 0 Å². The summed E-state index contributed by atoms with van der Waals surface area (Å²) in [6.45, 7) is 10.1.